The van der Waals surface area contributed by atoms with Crippen molar-refractivity contribution in [3.05, 3.63) is 28.8 Å². The van der Waals surface area contributed by atoms with Crippen molar-refractivity contribution in [1.82, 2.24) is 4.98 Å². The van der Waals surface area contributed by atoms with Crippen molar-refractivity contribution in [3.8, 4) is 0 Å². The monoisotopic (exact) mass is 307 g/mol. The predicted octanol–water partition coefficient (Wildman–Crippen LogP) is 1.99. The summed E-state index contributed by atoms with van der Waals surface area (Å²) in [4.78, 5) is 4.28. The van der Waals surface area contributed by atoms with Crippen LogP contribution in [0.3, 0.4) is 0 Å². The van der Waals surface area contributed by atoms with Gasteiger partial charge in [0.15, 0.2) is 5.03 Å². The summed E-state index contributed by atoms with van der Waals surface area (Å²) in [5, 5.41) is 0.192. The maximum atomic E-state index is 11.7. The Morgan fingerprint density at radius 2 is 2.15 bits per heavy atom. The second kappa shape index (κ2) is 2.78. The average Bonchev–Trinajstić information content (AvgIpc) is 2.30. The van der Waals surface area contributed by atoms with Crippen LogP contribution in [0.1, 0.15) is 12.5 Å². The van der Waals surface area contributed by atoms with Gasteiger partial charge in [-0.05, 0) is 41.6 Å². The first kappa shape index (κ1) is 9.14. The zero-order valence-electron chi connectivity index (χ0n) is 6.78. The van der Waals surface area contributed by atoms with Gasteiger partial charge in [0, 0.05) is 15.3 Å². The minimum Gasteiger partial charge on any atom is -0.244 e. The molecule has 0 atom stereocenters. The average molecular weight is 307 g/mol. The standard InChI is InChI=1S/C8H6INO2S/c1-5-7(9)6-3-2-4-10-8(6)13(5,11)12/h2-4H,1H3. The van der Waals surface area contributed by atoms with Crippen LogP contribution in [0.4, 0.5) is 0 Å². The Balaban J connectivity index is 2.90. The third-order valence-electron chi connectivity index (χ3n) is 1.97. The maximum absolute atomic E-state index is 11.7. The Hall–Kier alpha value is -0.430. The number of fused-ring (bicyclic) bond motifs is 1. The van der Waals surface area contributed by atoms with E-state index < -0.39 is 9.84 Å². The molecule has 0 amide bonds. The summed E-state index contributed by atoms with van der Waals surface area (Å²) in [7, 11) is -3.27. The normalized spacial score (nSPS) is 18.9. The van der Waals surface area contributed by atoms with Crippen LogP contribution < -0.4 is 0 Å². The van der Waals surface area contributed by atoms with E-state index in [1.54, 1.807) is 19.1 Å². The Labute approximate surface area is 89.9 Å². The van der Waals surface area contributed by atoms with Crippen molar-refractivity contribution >= 4 is 36.0 Å². The van der Waals surface area contributed by atoms with Gasteiger partial charge in [-0.25, -0.2) is 13.4 Å². The van der Waals surface area contributed by atoms with E-state index in [1.807, 2.05) is 22.6 Å². The molecule has 0 saturated carbocycles. The molecule has 0 aliphatic carbocycles. The van der Waals surface area contributed by atoms with Gasteiger partial charge in [-0.2, -0.15) is 0 Å². The molecule has 68 valence electrons. The molecule has 0 aromatic carbocycles. The lowest BCUT2D eigenvalue weighted by Crippen LogP contribution is -1.99. The van der Waals surface area contributed by atoms with E-state index in [2.05, 4.69) is 4.98 Å². The number of hydrogen-bond donors (Lipinski definition) is 0. The highest BCUT2D eigenvalue weighted by Gasteiger charge is 2.32. The summed E-state index contributed by atoms with van der Waals surface area (Å²) in [6.07, 6.45) is 1.50. The van der Waals surface area contributed by atoms with Crippen LogP contribution >= 0.6 is 22.6 Å². The maximum Gasteiger partial charge on any atom is 0.221 e. The zero-order chi connectivity index (χ0) is 9.64. The summed E-state index contributed by atoms with van der Waals surface area (Å²) in [6.45, 7) is 1.61. The van der Waals surface area contributed by atoms with Gasteiger partial charge in [-0.1, -0.05) is 0 Å². The molecule has 1 aromatic heterocycles. The highest BCUT2D eigenvalue weighted by molar-refractivity contribution is 14.1. The van der Waals surface area contributed by atoms with Crippen LogP contribution in [-0.2, 0) is 9.84 Å². The minimum atomic E-state index is -3.27. The number of rotatable bonds is 0. The van der Waals surface area contributed by atoms with E-state index in [9.17, 15) is 8.42 Å². The minimum absolute atomic E-state index is 0.192. The molecule has 0 spiro atoms. The van der Waals surface area contributed by atoms with Crippen molar-refractivity contribution in [2.24, 2.45) is 0 Å². The van der Waals surface area contributed by atoms with Gasteiger partial charge >= 0.3 is 0 Å². The van der Waals surface area contributed by atoms with E-state index in [0.717, 1.165) is 9.14 Å². The fourth-order valence-corrected chi connectivity index (χ4v) is 4.01. The highest BCUT2D eigenvalue weighted by atomic mass is 127. The Bertz CT molecular complexity index is 505. The number of pyridine rings is 1. The quantitative estimate of drug-likeness (QED) is 0.689. The second-order valence-corrected chi connectivity index (χ2v) is 5.81. The van der Waals surface area contributed by atoms with E-state index in [4.69, 9.17) is 0 Å². The van der Waals surface area contributed by atoms with Crippen LogP contribution in [0, 0.1) is 0 Å². The third kappa shape index (κ3) is 1.13. The summed E-state index contributed by atoms with van der Waals surface area (Å²) in [5.74, 6) is 0. The summed E-state index contributed by atoms with van der Waals surface area (Å²) in [5.41, 5.74) is 0.723. The molecule has 1 aliphatic heterocycles. The zero-order valence-corrected chi connectivity index (χ0v) is 9.76. The fraction of sp³-hybridized carbons (Fsp3) is 0.125. The molecular formula is C8H6INO2S. The van der Waals surface area contributed by atoms with Crippen molar-refractivity contribution in [3.63, 3.8) is 0 Å². The van der Waals surface area contributed by atoms with Gasteiger partial charge < -0.3 is 0 Å². The first-order valence-corrected chi connectivity index (χ1v) is 6.18. The van der Waals surface area contributed by atoms with Gasteiger partial charge in [0.25, 0.3) is 0 Å². The van der Waals surface area contributed by atoms with E-state index in [-0.39, 0.29) is 5.03 Å². The number of nitrogens with zero attached hydrogens (tertiary/aromatic N) is 1. The van der Waals surface area contributed by atoms with E-state index >= 15 is 0 Å². The molecule has 1 aliphatic rings. The lowest BCUT2D eigenvalue weighted by Gasteiger charge is -1.95. The predicted molar refractivity (Wildman–Crippen MR) is 58.0 cm³/mol. The van der Waals surface area contributed by atoms with Crippen molar-refractivity contribution < 1.29 is 8.42 Å². The summed E-state index contributed by atoms with van der Waals surface area (Å²) >= 11 is 2.04. The van der Waals surface area contributed by atoms with Gasteiger partial charge in [0.2, 0.25) is 9.84 Å². The van der Waals surface area contributed by atoms with Gasteiger partial charge in [0.05, 0.1) is 4.91 Å². The highest BCUT2D eigenvalue weighted by Crippen LogP contribution is 2.40. The molecule has 0 fully saturated rings. The molecule has 0 saturated heterocycles. The number of allylic oxidation sites excluding steroid dienone is 1. The van der Waals surface area contributed by atoms with Crippen LogP contribution in [0.25, 0.3) is 3.58 Å². The van der Waals surface area contributed by atoms with Crippen LogP contribution in [0.15, 0.2) is 28.3 Å². The van der Waals surface area contributed by atoms with Crippen LogP contribution in [-0.4, -0.2) is 13.4 Å². The molecule has 5 heteroatoms. The number of aromatic nitrogens is 1. The smallest absolute Gasteiger partial charge is 0.221 e. The SMILES string of the molecule is CC1=C(I)c2cccnc2S1(=O)=O. The van der Waals surface area contributed by atoms with Gasteiger partial charge in [0.1, 0.15) is 0 Å². The largest absolute Gasteiger partial charge is 0.244 e. The van der Waals surface area contributed by atoms with Gasteiger partial charge in [-0.15, -0.1) is 0 Å². The lowest BCUT2D eigenvalue weighted by atomic mass is 10.3. The molecule has 3 nitrogen and oxygen atoms in total. The van der Waals surface area contributed by atoms with E-state index in [0.29, 0.717) is 4.91 Å². The number of sulfone groups is 1. The van der Waals surface area contributed by atoms with Crippen molar-refractivity contribution in [2.45, 2.75) is 11.9 Å². The van der Waals surface area contributed by atoms with E-state index in [1.165, 1.54) is 6.20 Å². The summed E-state index contributed by atoms with van der Waals surface area (Å²) in [6, 6.07) is 3.52. The Morgan fingerprint density at radius 1 is 1.46 bits per heavy atom. The topological polar surface area (TPSA) is 47.0 Å². The van der Waals surface area contributed by atoms with Crippen LogP contribution in [0.5, 0.6) is 0 Å². The first-order chi connectivity index (χ1) is 6.05. The molecule has 1 aromatic rings. The molecule has 0 N–H and O–H groups in total. The Morgan fingerprint density at radius 3 is 2.77 bits per heavy atom. The summed E-state index contributed by atoms with van der Waals surface area (Å²) < 4.78 is 24.1. The molecule has 2 rings (SSSR count). The molecular weight excluding hydrogens is 301 g/mol. The van der Waals surface area contributed by atoms with Crippen LogP contribution in [0.2, 0.25) is 0 Å². The first-order valence-electron chi connectivity index (χ1n) is 3.62. The Kier molecular flexibility index (Phi) is 1.95. The fourth-order valence-electron chi connectivity index (χ4n) is 1.22. The number of hydrogen-bond acceptors (Lipinski definition) is 3. The molecule has 0 bridgehead atoms. The molecule has 0 radical (unpaired) electrons. The van der Waals surface area contributed by atoms with Gasteiger partial charge in [-0.3, -0.25) is 0 Å². The molecule has 13 heavy (non-hydrogen) atoms. The molecule has 2 heterocycles. The number of halogens is 1. The van der Waals surface area contributed by atoms with Crippen molar-refractivity contribution in [1.29, 1.82) is 0 Å². The second-order valence-electron chi connectivity index (χ2n) is 2.73. The third-order valence-corrected chi connectivity index (χ3v) is 5.58. The lowest BCUT2D eigenvalue weighted by molar-refractivity contribution is 0.600. The molecule has 0 unspecified atom stereocenters. The van der Waals surface area contributed by atoms with Crippen molar-refractivity contribution in [2.75, 3.05) is 0 Å².